The second-order valence-corrected chi connectivity index (χ2v) is 13.0. The van der Waals surface area contributed by atoms with Crippen molar-refractivity contribution in [2.24, 2.45) is 0 Å². The molecule has 2 atom stereocenters. The highest BCUT2D eigenvalue weighted by atomic mass is 32.1. The molecule has 0 radical (unpaired) electrons. The van der Waals surface area contributed by atoms with Crippen molar-refractivity contribution < 1.29 is 19.0 Å². The summed E-state index contributed by atoms with van der Waals surface area (Å²) in [6, 6.07) is 7.79. The number of likely N-dealkylation sites (tertiary alicyclic amines) is 1. The monoisotopic (exact) mass is 620 g/mol. The molecule has 44 heavy (non-hydrogen) atoms. The van der Waals surface area contributed by atoms with Crippen molar-refractivity contribution in [3.05, 3.63) is 68.6 Å². The minimum Gasteiger partial charge on any atom is -0.496 e. The highest BCUT2D eigenvalue weighted by Crippen LogP contribution is 2.39. The van der Waals surface area contributed by atoms with Crippen molar-refractivity contribution >= 4 is 27.5 Å². The SMILES string of the molecule is COc1ccccc1[C@H](Cn1c(=O)n(C2(C)CN(C3CCC3)C2=O)c(=O)c2c(C)c(-n3nccn3)sc21)OC1CCOCC1. The predicted octanol–water partition coefficient (Wildman–Crippen LogP) is 3.17. The van der Waals surface area contributed by atoms with Gasteiger partial charge in [-0.15, -0.1) is 4.80 Å². The maximum atomic E-state index is 14.6. The lowest BCUT2D eigenvalue weighted by atomic mass is 9.82. The molecule has 3 aromatic heterocycles. The van der Waals surface area contributed by atoms with Gasteiger partial charge in [0.05, 0.1) is 44.1 Å². The third-order valence-electron chi connectivity index (χ3n) is 9.36. The largest absolute Gasteiger partial charge is 0.496 e. The topological polar surface area (TPSA) is 123 Å². The Morgan fingerprint density at radius 2 is 1.82 bits per heavy atom. The van der Waals surface area contributed by atoms with Crippen LogP contribution in [-0.4, -0.2) is 73.9 Å². The smallest absolute Gasteiger partial charge is 0.333 e. The second kappa shape index (κ2) is 11.3. The molecule has 4 aromatic rings. The first-order valence-corrected chi connectivity index (χ1v) is 16.0. The van der Waals surface area contributed by atoms with Crippen LogP contribution in [0.5, 0.6) is 5.75 Å². The van der Waals surface area contributed by atoms with Crippen LogP contribution < -0.4 is 16.0 Å². The van der Waals surface area contributed by atoms with Crippen molar-refractivity contribution in [2.45, 2.75) is 76.3 Å². The molecular weight excluding hydrogens is 584 g/mol. The second-order valence-electron chi connectivity index (χ2n) is 12.0. The number of carbonyl (C=O) groups excluding carboxylic acids is 1. The number of amides is 1. The van der Waals surface area contributed by atoms with Gasteiger partial charge in [0, 0.05) is 30.4 Å². The first-order valence-electron chi connectivity index (χ1n) is 15.1. The maximum absolute atomic E-state index is 14.6. The third kappa shape index (κ3) is 4.60. The van der Waals surface area contributed by atoms with Crippen LogP contribution in [0.3, 0.4) is 0 Å². The van der Waals surface area contributed by atoms with Gasteiger partial charge in [0.15, 0.2) is 0 Å². The molecule has 3 aliphatic rings. The van der Waals surface area contributed by atoms with Gasteiger partial charge in [0.25, 0.3) is 11.5 Å². The molecule has 1 unspecified atom stereocenters. The maximum Gasteiger partial charge on any atom is 0.333 e. The summed E-state index contributed by atoms with van der Waals surface area (Å²) < 4.78 is 20.8. The number of β-lactam (4-membered cyclic amide) rings is 1. The van der Waals surface area contributed by atoms with Crippen molar-refractivity contribution in [3.63, 3.8) is 0 Å². The first kappa shape index (κ1) is 28.9. The molecule has 13 heteroatoms. The van der Waals surface area contributed by atoms with Gasteiger partial charge in [-0.2, -0.15) is 10.2 Å². The lowest BCUT2D eigenvalue weighted by molar-refractivity contribution is -0.163. The third-order valence-corrected chi connectivity index (χ3v) is 10.6. The molecule has 0 N–H and O–H groups in total. The molecule has 3 fully saturated rings. The van der Waals surface area contributed by atoms with Crippen molar-refractivity contribution in [1.29, 1.82) is 0 Å². The van der Waals surface area contributed by atoms with E-state index in [1.165, 1.54) is 20.7 Å². The van der Waals surface area contributed by atoms with Gasteiger partial charge >= 0.3 is 5.69 Å². The molecule has 5 heterocycles. The summed E-state index contributed by atoms with van der Waals surface area (Å²) in [7, 11) is 1.61. The highest BCUT2D eigenvalue weighted by molar-refractivity contribution is 7.21. The van der Waals surface area contributed by atoms with E-state index in [2.05, 4.69) is 10.2 Å². The van der Waals surface area contributed by atoms with Gasteiger partial charge in [-0.1, -0.05) is 29.5 Å². The zero-order valence-corrected chi connectivity index (χ0v) is 25.9. The highest BCUT2D eigenvalue weighted by Gasteiger charge is 2.55. The van der Waals surface area contributed by atoms with Gasteiger partial charge in [-0.25, -0.2) is 9.36 Å². The van der Waals surface area contributed by atoms with Gasteiger partial charge in [-0.05, 0) is 52.0 Å². The summed E-state index contributed by atoms with van der Waals surface area (Å²) in [5, 5.41) is 9.60. The number of hydrogen-bond acceptors (Lipinski definition) is 9. The number of aromatic nitrogens is 5. The minimum atomic E-state index is -1.28. The van der Waals surface area contributed by atoms with Crippen LogP contribution in [0, 0.1) is 6.92 Å². The number of methoxy groups -OCH3 is 1. The summed E-state index contributed by atoms with van der Waals surface area (Å²) in [5.41, 5.74) is -0.845. The minimum absolute atomic E-state index is 0.0774. The van der Waals surface area contributed by atoms with Gasteiger partial charge in [-0.3, -0.25) is 14.2 Å². The van der Waals surface area contributed by atoms with Crippen molar-refractivity contribution in [1.82, 2.24) is 29.0 Å². The van der Waals surface area contributed by atoms with E-state index in [0.717, 1.165) is 37.7 Å². The molecule has 1 amide bonds. The molecule has 2 aliphatic heterocycles. The number of para-hydroxylation sites is 1. The van der Waals surface area contributed by atoms with Crippen molar-refractivity contribution in [3.8, 4) is 10.8 Å². The number of nitrogens with zero attached hydrogens (tertiary/aromatic N) is 6. The number of carbonyl (C=O) groups is 1. The van der Waals surface area contributed by atoms with Crippen LogP contribution in [0.2, 0.25) is 0 Å². The van der Waals surface area contributed by atoms with E-state index in [1.807, 2.05) is 36.1 Å². The van der Waals surface area contributed by atoms with E-state index < -0.39 is 22.9 Å². The van der Waals surface area contributed by atoms with E-state index in [0.29, 0.717) is 46.3 Å². The number of thiophene rings is 1. The lowest BCUT2D eigenvalue weighted by Crippen LogP contribution is -2.73. The number of ether oxygens (including phenoxy) is 3. The van der Waals surface area contributed by atoms with Crippen LogP contribution in [0.1, 0.15) is 56.3 Å². The number of aryl methyl sites for hydroxylation is 1. The molecule has 1 aliphatic carbocycles. The zero-order chi connectivity index (χ0) is 30.6. The zero-order valence-electron chi connectivity index (χ0n) is 25.1. The molecule has 232 valence electrons. The average molecular weight is 621 g/mol. The summed E-state index contributed by atoms with van der Waals surface area (Å²) in [5.74, 6) is 0.456. The van der Waals surface area contributed by atoms with E-state index in [9.17, 15) is 14.4 Å². The number of benzene rings is 1. The van der Waals surface area contributed by atoms with Crippen LogP contribution in [0.15, 0.2) is 46.2 Å². The van der Waals surface area contributed by atoms with E-state index >= 15 is 0 Å². The van der Waals surface area contributed by atoms with Crippen LogP contribution in [0.4, 0.5) is 0 Å². The molecule has 7 rings (SSSR count). The van der Waals surface area contributed by atoms with Gasteiger partial charge < -0.3 is 19.1 Å². The fourth-order valence-corrected chi connectivity index (χ4v) is 7.87. The van der Waals surface area contributed by atoms with E-state index in [1.54, 1.807) is 31.0 Å². The average Bonchev–Trinajstić information content (AvgIpc) is 3.66. The normalized spacial score (nSPS) is 21.8. The molecule has 1 saturated carbocycles. The fourth-order valence-electron chi connectivity index (χ4n) is 6.65. The number of fused-ring (bicyclic) bond motifs is 1. The molecule has 0 spiro atoms. The Morgan fingerprint density at radius 1 is 1.09 bits per heavy atom. The number of hydrogen-bond donors (Lipinski definition) is 0. The van der Waals surface area contributed by atoms with Crippen molar-refractivity contribution in [2.75, 3.05) is 26.9 Å². The fraction of sp³-hybridized carbons (Fsp3) is 0.516. The predicted molar refractivity (Wildman–Crippen MR) is 164 cm³/mol. The molecular formula is C31H36N6O6S. The molecule has 1 aromatic carbocycles. The van der Waals surface area contributed by atoms with Crippen LogP contribution in [0.25, 0.3) is 15.2 Å². The Hall–Kier alpha value is -3.81. The Balaban J connectivity index is 1.40. The van der Waals surface area contributed by atoms with E-state index in [4.69, 9.17) is 14.2 Å². The molecule has 0 bridgehead atoms. The summed E-state index contributed by atoms with van der Waals surface area (Å²) in [6.45, 7) is 5.16. The molecule has 2 saturated heterocycles. The standard InChI is InChI=1S/C31H36N6O6S/c1-19-25-26(38)36(31(2)18-35(29(31)39)20-7-6-8-20)30(40)34(28(25)44-27(19)37-32-13-14-33-37)17-24(43-21-11-15-42-16-12-21)22-9-4-5-10-23(22)41-3/h4-5,9-10,13-14,20-21,24H,6-8,11-12,15-18H2,1-3H3/t24-,31?/m0/s1. The Bertz CT molecular complexity index is 1820. The summed E-state index contributed by atoms with van der Waals surface area (Å²) >= 11 is 1.28. The van der Waals surface area contributed by atoms with Crippen LogP contribution in [-0.2, 0) is 26.4 Å². The Kier molecular flexibility index (Phi) is 7.42. The quantitative estimate of drug-likeness (QED) is 0.262. The Labute approximate surface area is 257 Å². The van der Waals surface area contributed by atoms with Gasteiger partial charge in [0.1, 0.15) is 27.2 Å². The summed E-state index contributed by atoms with van der Waals surface area (Å²) in [4.78, 5) is 46.3. The first-order chi connectivity index (χ1) is 21.3. The Morgan fingerprint density at radius 3 is 2.48 bits per heavy atom. The van der Waals surface area contributed by atoms with Gasteiger partial charge in [0.2, 0.25) is 0 Å². The summed E-state index contributed by atoms with van der Waals surface area (Å²) in [6.07, 6.45) is 6.92. The van der Waals surface area contributed by atoms with E-state index in [-0.39, 0.29) is 24.6 Å². The van der Waals surface area contributed by atoms with Crippen LogP contribution >= 0.6 is 11.3 Å². The lowest BCUT2D eigenvalue weighted by Gasteiger charge is -2.52. The number of rotatable bonds is 9. The molecule has 12 nitrogen and oxygen atoms in total.